The number of hydrogen-bond donors (Lipinski definition) is 2. The van der Waals surface area contributed by atoms with Gasteiger partial charge >= 0.3 is 0 Å². The van der Waals surface area contributed by atoms with E-state index in [9.17, 15) is 0 Å². The van der Waals surface area contributed by atoms with E-state index < -0.39 is 0 Å². The number of nitrogens with zero attached hydrogens (tertiary/aromatic N) is 1. The molecule has 1 aromatic carbocycles. The second-order valence-corrected chi connectivity index (χ2v) is 5.36. The fourth-order valence-electron chi connectivity index (χ4n) is 1.99. The van der Waals surface area contributed by atoms with Gasteiger partial charge in [0.25, 0.3) is 0 Å². The van der Waals surface area contributed by atoms with Crippen LogP contribution >= 0.6 is 11.3 Å². The average Bonchev–Trinajstić information content (AvgIpc) is 3.07. The van der Waals surface area contributed by atoms with E-state index in [4.69, 9.17) is 9.47 Å². The number of anilines is 1. The van der Waals surface area contributed by atoms with Crippen molar-refractivity contribution in [3.63, 3.8) is 0 Å². The molecule has 1 heterocycles. The lowest BCUT2D eigenvalue weighted by Crippen LogP contribution is -2.32. The van der Waals surface area contributed by atoms with Crippen molar-refractivity contribution >= 4 is 23.0 Å². The van der Waals surface area contributed by atoms with Crippen molar-refractivity contribution in [3.05, 3.63) is 40.6 Å². The van der Waals surface area contributed by atoms with Gasteiger partial charge in [-0.15, -0.1) is 0 Å². The molecule has 0 aliphatic rings. The second-order valence-electron chi connectivity index (χ2n) is 4.58. The number of methoxy groups -OCH3 is 2. The Morgan fingerprint density at radius 2 is 2.00 bits per heavy atom. The van der Waals surface area contributed by atoms with Crippen molar-refractivity contribution in [1.82, 2.24) is 5.32 Å². The molecule has 0 aliphatic heterocycles. The molecule has 1 aromatic heterocycles. The van der Waals surface area contributed by atoms with Gasteiger partial charge in [0.2, 0.25) is 0 Å². The maximum atomic E-state index is 5.30. The number of thiophene rings is 1. The molecule has 22 heavy (non-hydrogen) atoms. The molecule has 0 saturated carbocycles. The molecule has 118 valence electrons. The molecular weight excluding hydrogens is 298 g/mol. The van der Waals surface area contributed by atoms with Crippen molar-refractivity contribution in [2.75, 3.05) is 33.1 Å². The van der Waals surface area contributed by atoms with Gasteiger partial charge in [0.15, 0.2) is 17.5 Å². The standard InChI is InChI=1S/C16H21N3O2S/c1-17-16(18-8-6-12-7-9-22-11-12)19-13-4-5-14(20-2)15(10-13)21-3/h4-5,7,9-11H,6,8H2,1-3H3,(H2,17,18,19). The van der Waals surface area contributed by atoms with Crippen LogP contribution in [0.25, 0.3) is 0 Å². The van der Waals surface area contributed by atoms with Crippen LogP contribution < -0.4 is 20.1 Å². The summed E-state index contributed by atoms with van der Waals surface area (Å²) < 4.78 is 10.5. The molecule has 0 aliphatic carbocycles. The minimum atomic E-state index is 0.682. The molecular formula is C16H21N3O2S. The Balaban J connectivity index is 1.92. The second kappa shape index (κ2) is 8.29. The zero-order chi connectivity index (χ0) is 15.8. The van der Waals surface area contributed by atoms with Gasteiger partial charge in [0, 0.05) is 25.3 Å². The summed E-state index contributed by atoms with van der Waals surface area (Å²) in [5.41, 5.74) is 2.22. The minimum Gasteiger partial charge on any atom is -0.493 e. The van der Waals surface area contributed by atoms with Gasteiger partial charge in [-0.05, 0) is 40.9 Å². The Kier molecular flexibility index (Phi) is 6.09. The zero-order valence-corrected chi connectivity index (χ0v) is 13.9. The summed E-state index contributed by atoms with van der Waals surface area (Å²) in [7, 11) is 4.99. The highest BCUT2D eigenvalue weighted by Gasteiger charge is 2.06. The van der Waals surface area contributed by atoms with Crippen LogP contribution in [-0.2, 0) is 6.42 Å². The van der Waals surface area contributed by atoms with Gasteiger partial charge in [-0.1, -0.05) is 0 Å². The van der Waals surface area contributed by atoms with Gasteiger partial charge in [-0.25, -0.2) is 0 Å². The van der Waals surface area contributed by atoms with E-state index in [-0.39, 0.29) is 0 Å². The lowest BCUT2D eigenvalue weighted by Gasteiger charge is -2.14. The maximum Gasteiger partial charge on any atom is 0.195 e. The molecule has 0 spiro atoms. The van der Waals surface area contributed by atoms with Crippen LogP contribution in [0.1, 0.15) is 5.56 Å². The number of aliphatic imine (C=N–C) groups is 1. The third kappa shape index (κ3) is 4.39. The largest absolute Gasteiger partial charge is 0.493 e. The summed E-state index contributed by atoms with van der Waals surface area (Å²) >= 11 is 1.71. The molecule has 0 saturated heterocycles. The maximum absolute atomic E-state index is 5.30. The molecule has 2 aromatic rings. The van der Waals surface area contributed by atoms with Crippen LogP contribution in [0.3, 0.4) is 0 Å². The monoisotopic (exact) mass is 319 g/mol. The normalized spacial score (nSPS) is 11.1. The third-order valence-electron chi connectivity index (χ3n) is 3.16. The van der Waals surface area contributed by atoms with E-state index in [1.54, 1.807) is 32.6 Å². The minimum absolute atomic E-state index is 0.682. The first kappa shape index (κ1) is 16.2. The Hall–Kier alpha value is -2.21. The SMILES string of the molecule is CN=C(NCCc1ccsc1)Nc1ccc(OC)c(OC)c1. The van der Waals surface area contributed by atoms with Crippen LogP contribution in [0, 0.1) is 0 Å². The first-order chi connectivity index (χ1) is 10.8. The number of ether oxygens (including phenoxy) is 2. The smallest absolute Gasteiger partial charge is 0.195 e. The molecule has 2 N–H and O–H groups in total. The number of rotatable bonds is 6. The molecule has 0 amide bonds. The van der Waals surface area contributed by atoms with Gasteiger partial charge in [-0.3, -0.25) is 4.99 Å². The molecule has 0 unspecified atom stereocenters. The third-order valence-corrected chi connectivity index (χ3v) is 3.89. The van der Waals surface area contributed by atoms with Crippen LogP contribution in [0.5, 0.6) is 11.5 Å². The molecule has 0 fully saturated rings. The molecule has 0 bridgehead atoms. The first-order valence-corrected chi connectivity index (χ1v) is 7.92. The van der Waals surface area contributed by atoms with Gasteiger partial charge in [0.05, 0.1) is 14.2 Å². The van der Waals surface area contributed by atoms with E-state index in [1.807, 2.05) is 18.2 Å². The highest BCUT2D eigenvalue weighted by Crippen LogP contribution is 2.29. The summed E-state index contributed by atoms with van der Waals surface area (Å²) in [6, 6.07) is 7.80. The molecule has 0 radical (unpaired) electrons. The van der Waals surface area contributed by atoms with Gasteiger partial charge in [-0.2, -0.15) is 11.3 Å². The van der Waals surface area contributed by atoms with Crippen molar-refractivity contribution in [2.45, 2.75) is 6.42 Å². The lowest BCUT2D eigenvalue weighted by atomic mass is 10.2. The summed E-state index contributed by atoms with van der Waals surface area (Å²) in [4.78, 5) is 4.23. The van der Waals surface area contributed by atoms with E-state index >= 15 is 0 Å². The first-order valence-electron chi connectivity index (χ1n) is 6.97. The highest BCUT2D eigenvalue weighted by atomic mass is 32.1. The van der Waals surface area contributed by atoms with Crippen molar-refractivity contribution in [1.29, 1.82) is 0 Å². The predicted octanol–water partition coefficient (Wildman–Crippen LogP) is 3.00. The quantitative estimate of drug-likeness (QED) is 0.635. The van der Waals surface area contributed by atoms with E-state index in [0.29, 0.717) is 11.5 Å². The summed E-state index contributed by atoms with van der Waals surface area (Å²) in [6.45, 7) is 0.823. The van der Waals surface area contributed by atoms with Gasteiger partial charge < -0.3 is 20.1 Å². The molecule has 5 nitrogen and oxygen atoms in total. The topological polar surface area (TPSA) is 54.9 Å². The Bertz CT molecular complexity index is 612. The fraction of sp³-hybridized carbons (Fsp3) is 0.312. The zero-order valence-electron chi connectivity index (χ0n) is 13.1. The predicted molar refractivity (Wildman–Crippen MR) is 92.6 cm³/mol. The Labute approximate surface area is 135 Å². The highest BCUT2D eigenvalue weighted by molar-refractivity contribution is 7.07. The summed E-state index contributed by atoms with van der Waals surface area (Å²) in [6.07, 6.45) is 0.968. The Morgan fingerprint density at radius 3 is 2.64 bits per heavy atom. The lowest BCUT2D eigenvalue weighted by molar-refractivity contribution is 0.355. The van der Waals surface area contributed by atoms with Crippen molar-refractivity contribution in [2.24, 2.45) is 4.99 Å². The van der Waals surface area contributed by atoms with Crippen LogP contribution in [0.4, 0.5) is 5.69 Å². The van der Waals surface area contributed by atoms with E-state index in [1.165, 1.54) is 5.56 Å². The van der Waals surface area contributed by atoms with Crippen LogP contribution in [-0.4, -0.2) is 33.8 Å². The number of benzene rings is 1. The molecule has 0 atom stereocenters. The van der Waals surface area contributed by atoms with E-state index in [0.717, 1.165) is 24.6 Å². The Morgan fingerprint density at radius 1 is 1.18 bits per heavy atom. The van der Waals surface area contributed by atoms with Crippen LogP contribution in [0.15, 0.2) is 40.0 Å². The summed E-state index contributed by atoms with van der Waals surface area (Å²) in [5, 5.41) is 10.8. The average molecular weight is 319 g/mol. The van der Waals surface area contributed by atoms with Crippen LogP contribution in [0.2, 0.25) is 0 Å². The number of hydrogen-bond acceptors (Lipinski definition) is 4. The fourth-order valence-corrected chi connectivity index (χ4v) is 2.69. The molecule has 2 rings (SSSR count). The van der Waals surface area contributed by atoms with Crippen molar-refractivity contribution in [3.8, 4) is 11.5 Å². The summed E-state index contributed by atoms with van der Waals surface area (Å²) in [5.74, 6) is 2.11. The van der Waals surface area contributed by atoms with Gasteiger partial charge in [0.1, 0.15) is 0 Å². The van der Waals surface area contributed by atoms with E-state index in [2.05, 4.69) is 32.5 Å². The molecule has 6 heteroatoms. The van der Waals surface area contributed by atoms with Crippen molar-refractivity contribution < 1.29 is 9.47 Å². The number of nitrogens with one attached hydrogen (secondary N) is 2. The number of guanidine groups is 1.